The first-order valence-corrected chi connectivity index (χ1v) is 9.05. The van der Waals surface area contributed by atoms with Crippen molar-refractivity contribution in [1.82, 2.24) is 0 Å². The lowest BCUT2D eigenvalue weighted by Crippen LogP contribution is -2.20. The van der Waals surface area contributed by atoms with E-state index in [2.05, 4.69) is 19.2 Å². The van der Waals surface area contributed by atoms with E-state index in [1.165, 1.54) is 6.08 Å². The Hall–Kier alpha value is -2.80. The zero-order valence-corrected chi connectivity index (χ0v) is 16.5. The molecule has 2 aromatic rings. The molecule has 0 aliphatic heterocycles. The second-order valence-electron chi connectivity index (χ2n) is 6.50. The van der Waals surface area contributed by atoms with E-state index in [4.69, 9.17) is 16.3 Å². The molecule has 0 aliphatic carbocycles. The van der Waals surface area contributed by atoms with Gasteiger partial charge in [-0.3, -0.25) is 4.79 Å². The van der Waals surface area contributed by atoms with Gasteiger partial charge in [-0.1, -0.05) is 49.7 Å². The summed E-state index contributed by atoms with van der Waals surface area (Å²) in [6, 6.07) is 10.1. The maximum absolute atomic E-state index is 12.7. The van der Waals surface area contributed by atoms with Crippen molar-refractivity contribution in [1.29, 1.82) is 0 Å². The maximum atomic E-state index is 12.7. The molecule has 1 amide bonds. The van der Waals surface area contributed by atoms with Gasteiger partial charge in [0.05, 0.1) is 16.3 Å². The molecule has 0 atom stereocenters. The van der Waals surface area contributed by atoms with Crippen molar-refractivity contribution in [3.8, 4) is 0 Å². The Morgan fingerprint density at radius 1 is 1.14 bits per heavy atom. The van der Waals surface area contributed by atoms with E-state index in [9.17, 15) is 22.8 Å². The topological polar surface area (TPSA) is 55.4 Å². The fourth-order valence-corrected chi connectivity index (χ4v) is 2.49. The number of alkyl halides is 3. The van der Waals surface area contributed by atoms with Crippen LogP contribution >= 0.6 is 11.6 Å². The quantitative estimate of drug-likeness (QED) is 0.478. The summed E-state index contributed by atoms with van der Waals surface area (Å²) in [4.78, 5) is 23.6. The molecule has 8 heteroatoms. The molecular weight excluding hydrogens is 407 g/mol. The van der Waals surface area contributed by atoms with E-state index in [0.717, 1.165) is 29.3 Å². The Morgan fingerprint density at radius 3 is 2.38 bits per heavy atom. The summed E-state index contributed by atoms with van der Waals surface area (Å²) in [5.41, 5.74) is 0.769. The van der Waals surface area contributed by atoms with Crippen molar-refractivity contribution in [2.45, 2.75) is 25.9 Å². The summed E-state index contributed by atoms with van der Waals surface area (Å²) >= 11 is 5.80. The van der Waals surface area contributed by atoms with Crippen molar-refractivity contribution in [2.75, 3.05) is 11.9 Å². The second-order valence-corrected chi connectivity index (χ2v) is 6.91. The summed E-state index contributed by atoms with van der Waals surface area (Å²) in [5, 5.41) is 2.13. The smallest absolute Gasteiger partial charge is 0.416 e. The minimum absolute atomic E-state index is 0.0672. The molecule has 0 aromatic heterocycles. The summed E-state index contributed by atoms with van der Waals surface area (Å²) < 4.78 is 43.0. The predicted octanol–water partition coefficient (Wildman–Crippen LogP) is 5.68. The van der Waals surface area contributed by atoms with E-state index in [1.807, 2.05) is 24.3 Å². The summed E-state index contributed by atoms with van der Waals surface area (Å²) in [7, 11) is 0. The zero-order valence-electron chi connectivity index (χ0n) is 15.7. The minimum Gasteiger partial charge on any atom is -0.452 e. The van der Waals surface area contributed by atoms with Gasteiger partial charge < -0.3 is 10.1 Å². The molecule has 0 saturated carbocycles. The first-order valence-electron chi connectivity index (χ1n) is 8.67. The number of esters is 1. The first-order chi connectivity index (χ1) is 13.6. The number of carbonyl (C=O) groups is 2. The molecule has 29 heavy (non-hydrogen) atoms. The number of nitrogens with one attached hydrogen (secondary N) is 1. The van der Waals surface area contributed by atoms with Crippen LogP contribution in [0.4, 0.5) is 18.9 Å². The molecular formula is C21H19ClF3NO3. The van der Waals surface area contributed by atoms with E-state index in [1.54, 1.807) is 0 Å². The van der Waals surface area contributed by atoms with Crippen molar-refractivity contribution in [2.24, 2.45) is 0 Å². The molecule has 1 N–H and O–H groups in total. The van der Waals surface area contributed by atoms with Crippen LogP contribution in [-0.4, -0.2) is 18.5 Å². The highest BCUT2D eigenvalue weighted by Gasteiger charge is 2.31. The third-order valence-electron chi connectivity index (χ3n) is 3.93. The van der Waals surface area contributed by atoms with E-state index in [-0.39, 0.29) is 10.7 Å². The van der Waals surface area contributed by atoms with Crippen LogP contribution in [0.1, 0.15) is 36.5 Å². The molecule has 0 heterocycles. The normalized spacial score (nSPS) is 11.7. The number of halogens is 4. The highest BCUT2D eigenvalue weighted by molar-refractivity contribution is 6.33. The summed E-state index contributed by atoms with van der Waals surface area (Å²) in [6.45, 7) is 3.47. The van der Waals surface area contributed by atoms with Crippen LogP contribution in [0, 0.1) is 0 Å². The zero-order chi connectivity index (χ0) is 21.6. The first kappa shape index (κ1) is 22.5. The fourth-order valence-electron chi connectivity index (χ4n) is 2.32. The molecule has 0 aliphatic rings. The molecule has 4 nitrogen and oxygen atoms in total. The Bertz CT molecular complexity index is 906. The molecule has 0 radical (unpaired) electrons. The predicted molar refractivity (Wildman–Crippen MR) is 106 cm³/mol. The maximum Gasteiger partial charge on any atom is 0.416 e. The molecule has 2 rings (SSSR count). The van der Waals surface area contributed by atoms with Gasteiger partial charge in [-0.25, -0.2) is 4.79 Å². The average molecular weight is 426 g/mol. The van der Waals surface area contributed by atoms with E-state index >= 15 is 0 Å². The molecule has 154 valence electrons. The average Bonchev–Trinajstić information content (AvgIpc) is 2.66. The molecule has 0 saturated heterocycles. The SMILES string of the molecule is CC(C)c1ccc(C=CC(=O)OCC(=O)Nc2cc(C(F)(F)F)ccc2Cl)cc1. The van der Waals surface area contributed by atoms with E-state index < -0.39 is 30.2 Å². The molecule has 0 fully saturated rings. The van der Waals surface area contributed by atoms with Gasteiger partial charge in [-0.05, 0) is 41.3 Å². The van der Waals surface area contributed by atoms with Gasteiger partial charge in [0.1, 0.15) is 0 Å². The Labute approximate surface area is 171 Å². The van der Waals surface area contributed by atoms with Gasteiger partial charge in [-0.15, -0.1) is 0 Å². The van der Waals surface area contributed by atoms with Crippen LogP contribution in [0.25, 0.3) is 6.08 Å². The molecule has 0 unspecified atom stereocenters. The van der Waals surface area contributed by atoms with Crippen LogP contribution in [0.2, 0.25) is 5.02 Å². The van der Waals surface area contributed by atoms with Crippen LogP contribution in [0.3, 0.4) is 0 Å². The lowest BCUT2D eigenvalue weighted by Gasteiger charge is -2.11. The number of benzene rings is 2. The lowest BCUT2D eigenvalue weighted by molar-refractivity contribution is -0.142. The number of carbonyl (C=O) groups excluding carboxylic acids is 2. The van der Waals surface area contributed by atoms with Gasteiger partial charge in [0.2, 0.25) is 0 Å². The lowest BCUT2D eigenvalue weighted by atomic mass is 10.0. The number of hydrogen-bond acceptors (Lipinski definition) is 3. The van der Waals surface area contributed by atoms with Crippen LogP contribution in [-0.2, 0) is 20.5 Å². The number of hydrogen-bond donors (Lipinski definition) is 1. The fraction of sp³-hybridized carbons (Fsp3) is 0.238. The highest BCUT2D eigenvalue weighted by Crippen LogP contribution is 2.33. The summed E-state index contributed by atoms with van der Waals surface area (Å²) in [6.07, 6.45) is -1.88. The van der Waals surface area contributed by atoms with Gasteiger partial charge in [0.15, 0.2) is 6.61 Å². The van der Waals surface area contributed by atoms with Crippen LogP contribution in [0.15, 0.2) is 48.5 Å². The Morgan fingerprint density at radius 2 is 1.79 bits per heavy atom. The number of anilines is 1. The Balaban J connectivity index is 1.89. The molecule has 0 spiro atoms. The molecule has 0 bridgehead atoms. The largest absolute Gasteiger partial charge is 0.452 e. The third kappa shape index (κ3) is 6.94. The minimum atomic E-state index is -4.57. The van der Waals surface area contributed by atoms with Gasteiger partial charge >= 0.3 is 12.1 Å². The Kier molecular flexibility index (Phi) is 7.45. The van der Waals surface area contributed by atoms with Gasteiger partial charge in [0, 0.05) is 6.08 Å². The van der Waals surface area contributed by atoms with Crippen LogP contribution in [0.5, 0.6) is 0 Å². The molecule has 2 aromatic carbocycles. The second kappa shape index (κ2) is 9.60. The highest BCUT2D eigenvalue weighted by atomic mass is 35.5. The number of amides is 1. The van der Waals surface area contributed by atoms with Crippen molar-refractivity contribution in [3.63, 3.8) is 0 Å². The standard InChI is InChI=1S/C21H19ClF3NO3/c1-13(2)15-6-3-14(4-7-15)5-10-20(28)29-12-19(27)26-18-11-16(21(23,24)25)8-9-17(18)22/h3-11,13H,12H2,1-2H3,(H,26,27). The number of ether oxygens (including phenoxy) is 1. The van der Waals surface area contributed by atoms with Gasteiger partial charge in [-0.2, -0.15) is 13.2 Å². The van der Waals surface area contributed by atoms with E-state index in [0.29, 0.717) is 12.0 Å². The van der Waals surface area contributed by atoms with Crippen molar-refractivity contribution >= 4 is 35.2 Å². The monoisotopic (exact) mass is 425 g/mol. The van der Waals surface area contributed by atoms with Crippen molar-refractivity contribution < 1.29 is 27.5 Å². The number of rotatable bonds is 6. The van der Waals surface area contributed by atoms with Crippen LogP contribution < -0.4 is 5.32 Å². The van der Waals surface area contributed by atoms with Crippen molar-refractivity contribution in [3.05, 3.63) is 70.3 Å². The van der Waals surface area contributed by atoms with Gasteiger partial charge in [0.25, 0.3) is 5.91 Å². The third-order valence-corrected chi connectivity index (χ3v) is 4.26. The summed E-state index contributed by atoms with van der Waals surface area (Å²) in [5.74, 6) is -1.18.